The molecule has 0 radical (unpaired) electrons. The molecule has 0 aromatic heterocycles. The van der Waals surface area contributed by atoms with Crippen LogP contribution in [0.3, 0.4) is 0 Å². The molecule has 0 amide bonds. The molecule has 0 spiro atoms. The van der Waals surface area contributed by atoms with Gasteiger partial charge in [0.15, 0.2) is 0 Å². The van der Waals surface area contributed by atoms with Crippen LogP contribution in [0.5, 0.6) is 0 Å². The van der Waals surface area contributed by atoms with Gasteiger partial charge in [-0.3, -0.25) is 0 Å². The monoisotopic (exact) mass is 330 g/mol. The Morgan fingerprint density at radius 3 is 2.42 bits per heavy atom. The maximum Gasteiger partial charge on any atom is -0.0264 e. The fourth-order valence-corrected chi connectivity index (χ4v) is 8.93. The Hall–Kier alpha value is 0. The Morgan fingerprint density at radius 1 is 0.833 bits per heavy atom. The molecule has 0 nitrogen and oxygen atoms in total. The lowest BCUT2D eigenvalue weighted by Crippen LogP contribution is -2.53. The van der Waals surface area contributed by atoms with Crippen LogP contribution < -0.4 is 0 Å². The first-order valence-corrected chi connectivity index (χ1v) is 11.5. The minimum Gasteiger partial charge on any atom is -0.0654 e. The zero-order valence-electron chi connectivity index (χ0n) is 16.9. The van der Waals surface area contributed by atoms with Crippen LogP contribution in [0, 0.1) is 46.3 Å². The summed E-state index contributed by atoms with van der Waals surface area (Å²) in [5.74, 6) is 6.30. The molecular formula is C24H42. The van der Waals surface area contributed by atoms with Gasteiger partial charge in [0.25, 0.3) is 0 Å². The van der Waals surface area contributed by atoms with Gasteiger partial charge in [0, 0.05) is 0 Å². The van der Waals surface area contributed by atoms with Crippen LogP contribution in [0.4, 0.5) is 0 Å². The van der Waals surface area contributed by atoms with Gasteiger partial charge in [-0.05, 0) is 97.7 Å². The molecular weight excluding hydrogens is 288 g/mol. The molecule has 24 heavy (non-hydrogen) atoms. The van der Waals surface area contributed by atoms with Gasteiger partial charge in [-0.25, -0.2) is 0 Å². The van der Waals surface area contributed by atoms with Crippen LogP contribution in [0.15, 0.2) is 0 Å². The fraction of sp³-hybridized carbons (Fsp3) is 1.00. The number of hydrogen-bond donors (Lipinski definition) is 0. The Kier molecular flexibility index (Phi) is 4.58. The van der Waals surface area contributed by atoms with Crippen molar-refractivity contribution in [2.45, 2.75) is 105 Å². The highest BCUT2D eigenvalue weighted by Crippen LogP contribution is 2.68. The summed E-state index contributed by atoms with van der Waals surface area (Å²) < 4.78 is 0. The van der Waals surface area contributed by atoms with Gasteiger partial charge in [0.1, 0.15) is 0 Å². The van der Waals surface area contributed by atoms with Crippen LogP contribution >= 0.6 is 0 Å². The zero-order valence-corrected chi connectivity index (χ0v) is 16.9. The summed E-state index contributed by atoms with van der Waals surface area (Å²) in [5, 5.41) is 0. The summed E-state index contributed by atoms with van der Waals surface area (Å²) in [6.07, 6.45) is 18.4. The standard InChI is InChI=1S/C24H42/c1-5-8-17(2)20-12-13-21-19-11-10-18-9-6-7-15-23(18,3)22(19)14-16-24(20,21)4/h17-22H,5-16H2,1-4H3/t17-,18-,19+,20-,21+,22+,23+,24-/m1/s1. The molecule has 4 saturated carbocycles. The van der Waals surface area contributed by atoms with Gasteiger partial charge in [0.05, 0.1) is 0 Å². The molecule has 0 unspecified atom stereocenters. The van der Waals surface area contributed by atoms with E-state index >= 15 is 0 Å². The molecule has 4 aliphatic carbocycles. The number of fused-ring (bicyclic) bond motifs is 5. The van der Waals surface area contributed by atoms with E-state index in [1.807, 2.05) is 0 Å². The lowest BCUT2D eigenvalue weighted by Gasteiger charge is -2.61. The van der Waals surface area contributed by atoms with E-state index in [4.69, 9.17) is 0 Å². The van der Waals surface area contributed by atoms with Gasteiger partial charge in [0.2, 0.25) is 0 Å². The normalized spacial score (nSPS) is 52.2. The van der Waals surface area contributed by atoms with Crippen LogP contribution in [0.1, 0.15) is 105 Å². The smallest absolute Gasteiger partial charge is 0.0264 e. The molecule has 138 valence electrons. The average Bonchev–Trinajstić information content (AvgIpc) is 2.92. The van der Waals surface area contributed by atoms with E-state index in [0.717, 1.165) is 40.9 Å². The third-order valence-electron chi connectivity index (χ3n) is 10.1. The largest absolute Gasteiger partial charge is 0.0654 e. The van der Waals surface area contributed by atoms with E-state index in [1.165, 1.54) is 25.7 Å². The second-order valence-corrected chi connectivity index (χ2v) is 10.9. The highest BCUT2D eigenvalue weighted by Gasteiger charge is 2.59. The van der Waals surface area contributed by atoms with Gasteiger partial charge in [-0.1, -0.05) is 53.4 Å². The first-order valence-electron chi connectivity index (χ1n) is 11.5. The summed E-state index contributed by atoms with van der Waals surface area (Å²) in [4.78, 5) is 0. The molecule has 0 aromatic rings. The number of hydrogen-bond acceptors (Lipinski definition) is 0. The highest BCUT2D eigenvalue weighted by atomic mass is 14.6. The van der Waals surface area contributed by atoms with Crippen LogP contribution in [-0.4, -0.2) is 0 Å². The lowest BCUT2D eigenvalue weighted by atomic mass is 9.44. The molecule has 0 heteroatoms. The second kappa shape index (κ2) is 6.31. The van der Waals surface area contributed by atoms with Gasteiger partial charge < -0.3 is 0 Å². The summed E-state index contributed by atoms with van der Waals surface area (Å²) in [7, 11) is 0. The van der Waals surface area contributed by atoms with Crippen LogP contribution in [-0.2, 0) is 0 Å². The van der Waals surface area contributed by atoms with Crippen molar-refractivity contribution >= 4 is 0 Å². The maximum atomic E-state index is 2.73. The third-order valence-corrected chi connectivity index (χ3v) is 10.1. The second-order valence-electron chi connectivity index (χ2n) is 10.9. The maximum absolute atomic E-state index is 2.73. The van der Waals surface area contributed by atoms with Gasteiger partial charge in [-0.2, -0.15) is 0 Å². The fourth-order valence-electron chi connectivity index (χ4n) is 8.93. The van der Waals surface area contributed by atoms with Crippen molar-refractivity contribution < 1.29 is 0 Å². The van der Waals surface area contributed by atoms with Crippen LogP contribution in [0.25, 0.3) is 0 Å². The molecule has 4 aliphatic rings. The quantitative estimate of drug-likeness (QED) is 0.503. The van der Waals surface area contributed by atoms with Crippen molar-refractivity contribution in [2.24, 2.45) is 46.3 Å². The minimum absolute atomic E-state index is 0.688. The minimum atomic E-state index is 0.688. The summed E-state index contributed by atoms with van der Waals surface area (Å²) >= 11 is 0. The molecule has 0 aliphatic heterocycles. The summed E-state index contributed by atoms with van der Waals surface area (Å²) in [6.45, 7) is 10.4. The van der Waals surface area contributed by atoms with Crippen molar-refractivity contribution in [3.63, 3.8) is 0 Å². The topological polar surface area (TPSA) is 0 Å². The predicted octanol–water partition coefficient (Wildman–Crippen LogP) is 7.47. The Labute approximate surface area is 151 Å². The van der Waals surface area contributed by atoms with Crippen LogP contribution in [0.2, 0.25) is 0 Å². The summed E-state index contributed by atoms with van der Waals surface area (Å²) in [5.41, 5.74) is 1.41. The zero-order chi connectivity index (χ0) is 16.9. The third kappa shape index (κ3) is 2.44. The Bertz CT molecular complexity index is 453. The Balaban J connectivity index is 1.57. The van der Waals surface area contributed by atoms with E-state index in [0.29, 0.717) is 5.41 Å². The van der Waals surface area contributed by atoms with E-state index < -0.39 is 0 Å². The molecule has 0 N–H and O–H groups in total. The van der Waals surface area contributed by atoms with Gasteiger partial charge >= 0.3 is 0 Å². The van der Waals surface area contributed by atoms with E-state index in [-0.39, 0.29) is 0 Å². The van der Waals surface area contributed by atoms with Crippen molar-refractivity contribution in [2.75, 3.05) is 0 Å². The van der Waals surface area contributed by atoms with E-state index in [2.05, 4.69) is 27.7 Å². The first kappa shape index (κ1) is 17.4. The molecule has 0 aromatic carbocycles. The first-order chi connectivity index (χ1) is 11.5. The Morgan fingerprint density at radius 2 is 1.62 bits per heavy atom. The van der Waals surface area contributed by atoms with Crippen molar-refractivity contribution in [1.29, 1.82) is 0 Å². The SMILES string of the molecule is CCC[C@@H](C)[C@H]1CC[C@H]2[C@@H]3CC[C@H]4CCCC[C@]4(C)[C@H]3CC[C@]12C. The molecule has 0 heterocycles. The lowest BCUT2D eigenvalue weighted by molar-refractivity contribution is -0.114. The molecule has 4 fully saturated rings. The summed E-state index contributed by atoms with van der Waals surface area (Å²) in [6, 6.07) is 0. The van der Waals surface area contributed by atoms with E-state index in [9.17, 15) is 0 Å². The highest BCUT2D eigenvalue weighted by molar-refractivity contribution is 5.09. The molecule has 4 rings (SSSR count). The van der Waals surface area contributed by atoms with Crippen molar-refractivity contribution in [3.8, 4) is 0 Å². The van der Waals surface area contributed by atoms with E-state index in [1.54, 1.807) is 51.4 Å². The predicted molar refractivity (Wildman–Crippen MR) is 104 cm³/mol. The molecule has 8 atom stereocenters. The van der Waals surface area contributed by atoms with Crippen molar-refractivity contribution in [1.82, 2.24) is 0 Å². The van der Waals surface area contributed by atoms with Crippen molar-refractivity contribution in [3.05, 3.63) is 0 Å². The average molecular weight is 331 g/mol. The molecule has 0 bridgehead atoms. The van der Waals surface area contributed by atoms with Gasteiger partial charge in [-0.15, -0.1) is 0 Å². The number of rotatable bonds is 3. The molecule has 0 saturated heterocycles.